The monoisotopic (exact) mass is 217 g/mol. The van der Waals surface area contributed by atoms with Gasteiger partial charge in [-0.25, -0.2) is 0 Å². The Hall–Kier alpha value is -0.820. The van der Waals surface area contributed by atoms with Gasteiger partial charge < -0.3 is 5.32 Å². The molecule has 1 aromatic rings. The summed E-state index contributed by atoms with van der Waals surface area (Å²) in [5, 5.41) is 3.71. The number of nitrogens with one attached hydrogen (secondary N) is 1. The summed E-state index contributed by atoms with van der Waals surface area (Å²) < 4.78 is 0. The van der Waals surface area contributed by atoms with E-state index in [0.717, 1.165) is 12.5 Å². The molecule has 1 aliphatic rings. The van der Waals surface area contributed by atoms with Crippen molar-refractivity contribution in [2.75, 3.05) is 6.54 Å². The molecule has 0 aliphatic heterocycles. The zero-order chi connectivity index (χ0) is 11.7. The van der Waals surface area contributed by atoms with Gasteiger partial charge >= 0.3 is 0 Å². The van der Waals surface area contributed by atoms with Gasteiger partial charge in [-0.2, -0.15) is 0 Å². The molecule has 16 heavy (non-hydrogen) atoms. The lowest BCUT2D eigenvalue weighted by atomic mass is 9.97. The predicted octanol–water partition coefficient (Wildman–Crippen LogP) is 3.54. The summed E-state index contributed by atoms with van der Waals surface area (Å²) >= 11 is 0. The third-order valence-corrected chi connectivity index (χ3v) is 3.83. The summed E-state index contributed by atoms with van der Waals surface area (Å²) in [6.45, 7) is 10.2. The Bertz CT molecular complexity index is 381. The van der Waals surface area contributed by atoms with Gasteiger partial charge in [0.05, 0.1) is 0 Å². The minimum absolute atomic E-state index is 0.579. The van der Waals surface area contributed by atoms with Crippen LogP contribution in [0.3, 0.4) is 0 Å². The van der Waals surface area contributed by atoms with Gasteiger partial charge in [0.1, 0.15) is 0 Å². The molecule has 0 bridgehead atoms. The van der Waals surface area contributed by atoms with Gasteiger partial charge in [0, 0.05) is 6.04 Å². The Labute approximate surface area is 99.3 Å². The average molecular weight is 217 g/mol. The number of hydrogen-bond acceptors (Lipinski definition) is 1. The fourth-order valence-electron chi connectivity index (χ4n) is 2.92. The predicted molar refractivity (Wildman–Crippen MR) is 69.8 cm³/mol. The van der Waals surface area contributed by atoms with Crippen LogP contribution in [-0.2, 0) is 6.42 Å². The molecule has 2 atom stereocenters. The molecule has 2 unspecified atom stereocenters. The first-order valence-electron chi connectivity index (χ1n) is 6.47. The number of rotatable bonds is 3. The van der Waals surface area contributed by atoms with E-state index in [4.69, 9.17) is 0 Å². The lowest BCUT2D eigenvalue weighted by Crippen LogP contribution is -2.25. The topological polar surface area (TPSA) is 12.0 Å². The summed E-state index contributed by atoms with van der Waals surface area (Å²) in [5.74, 6) is 0.737. The molecule has 88 valence electrons. The molecule has 1 N–H and O–H groups in total. The Kier molecular flexibility index (Phi) is 3.34. The molecule has 2 rings (SSSR count). The van der Waals surface area contributed by atoms with Crippen LogP contribution in [0, 0.1) is 19.8 Å². The van der Waals surface area contributed by atoms with E-state index < -0.39 is 0 Å². The molecule has 1 nitrogen and oxygen atoms in total. The maximum absolute atomic E-state index is 3.71. The quantitative estimate of drug-likeness (QED) is 0.816. The van der Waals surface area contributed by atoms with Crippen LogP contribution in [0.15, 0.2) is 12.1 Å². The molecule has 0 saturated carbocycles. The SMILES string of the molecule is CCCNC1c2c(C)ccc(C)c2CC1C. The van der Waals surface area contributed by atoms with Crippen molar-refractivity contribution in [2.45, 2.75) is 46.6 Å². The van der Waals surface area contributed by atoms with Gasteiger partial charge in [-0.15, -0.1) is 0 Å². The average Bonchev–Trinajstić information content (AvgIpc) is 2.59. The Morgan fingerprint density at radius 1 is 1.25 bits per heavy atom. The third kappa shape index (κ3) is 1.89. The zero-order valence-electron chi connectivity index (χ0n) is 10.9. The van der Waals surface area contributed by atoms with E-state index in [9.17, 15) is 0 Å². The first-order valence-corrected chi connectivity index (χ1v) is 6.47. The first kappa shape index (κ1) is 11.7. The standard InChI is InChI=1S/C15H23N/c1-5-8-16-15-12(4)9-13-10(2)6-7-11(3)14(13)15/h6-7,12,15-16H,5,8-9H2,1-4H3. The van der Waals surface area contributed by atoms with Crippen LogP contribution in [0.5, 0.6) is 0 Å². The minimum atomic E-state index is 0.579. The van der Waals surface area contributed by atoms with Crippen LogP contribution in [0.2, 0.25) is 0 Å². The molecule has 1 aromatic carbocycles. The maximum Gasteiger partial charge on any atom is 0.0354 e. The summed E-state index contributed by atoms with van der Waals surface area (Å²) in [6, 6.07) is 5.12. The Balaban J connectivity index is 2.35. The van der Waals surface area contributed by atoms with E-state index in [1.807, 2.05) is 0 Å². The fourth-order valence-corrected chi connectivity index (χ4v) is 2.92. The fraction of sp³-hybridized carbons (Fsp3) is 0.600. The van der Waals surface area contributed by atoms with Crippen molar-refractivity contribution in [3.63, 3.8) is 0 Å². The minimum Gasteiger partial charge on any atom is -0.310 e. The first-order chi connectivity index (χ1) is 7.65. The van der Waals surface area contributed by atoms with E-state index in [1.54, 1.807) is 11.1 Å². The molecular formula is C15H23N. The van der Waals surface area contributed by atoms with Crippen LogP contribution in [-0.4, -0.2) is 6.54 Å². The van der Waals surface area contributed by atoms with Crippen LogP contribution in [0.1, 0.15) is 48.6 Å². The highest BCUT2D eigenvalue weighted by atomic mass is 14.9. The molecule has 0 saturated heterocycles. The Morgan fingerprint density at radius 2 is 1.94 bits per heavy atom. The van der Waals surface area contributed by atoms with Gasteiger partial charge in [0.25, 0.3) is 0 Å². The van der Waals surface area contributed by atoms with Crippen LogP contribution in [0.4, 0.5) is 0 Å². The van der Waals surface area contributed by atoms with Crippen molar-refractivity contribution in [2.24, 2.45) is 5.92 Å². The van der Waals surface area contributed by atoms with Crippen LogP contribution >= 0.6 is 0 Å². The summed E-state index contributed by atoms with van der Waals surface area (Å²) in [7, 11) is 0. The molecule has 0 radical (unpaired) electrons. The van der Waals surface area contributed by atoms with Gasteiger partial charge in [-0.1, -0.05) is 26.0 Å². The van der Waals surface area contributed by atoms with Gasteiger partial charge in [-0.05, 0) is 61.4 Å². The number of aryl methyl sites for hydroxylation is 2. The summed E-state index contributed by atoms with van der Waals surface area (Å²) in [5.41, 5.74) is 6.11. The van der Waals surface area contributed by atoms with Gasteiger partial charge in [-0.3, -0.25) is 0 Å². The van der Waals surface area contributed by atoms with Crippen molar-refractivity contribution >= 4 is 0 Å². The molecule has 0 heterocycles. The molecule has 0 fully saturated rings. The van der Waals surface area contributed by atoms with E-state index in [0.29, 0.717) is 6.04 Å². The summed E-state index contributed by atoms with van der Waals surface area (Å²) in [4.78, 5) is 0. The number of fused-ring (bicyclic) bond motifs is 1. The van der Waals surface area contributed by atoms with Gasteiger partial charge in [0.2, 0.25) is 0 Å². The summed E-state index contributed by atoms with van der Waals surface area (Å²) in [6.07, 6.45) is 2.45. The second-order valence-electron chi connectivity index (χ2n) is 5.20. The molecule has 1 aliphatic carbocycles. The number of hydrogen-bond donors (Lipinski definition) is 1. The second kappa shape index (κ2) is 4.58. The lowest BCUT2D eigenvalue weighted by molar-refractivity contribution is 0.416. The molecule has 0 spiro atoms. The molecular weight excluding hydrogens is 194 g/mol. The van der Waals surface area contributed by atoms with E-state index in [1.165, 1.54) is 24.0 Å². The largest absolute Gasteiger partial charge is 0.310 e. The van der Waals surface area contributed by atoms with Crippen molar-refractivity contribution < 1.29 is 0 Å². The van der Waals surface area contributed by atoms with Crippen LogP contribution in [0.25, 0.3) is 0 Å². The molecule has 1 heteroatoms. The van der Waals surface area contributed by atoms with Crippen molar-refractivity contribution in [1.29, 1.82) is 0 Å². The highest BCUT2D eigenvalue weighted by Gasteiger charge is 2.30. The highest BCUT2D eigenvalue weighted by molar-refractivity contribution is 5.46. The van der Waals surface area contributed by atoms with E-state index >= 15 is 0 Å². The second-order valence-corrected chi connectivity index (χ2v) is 5.20. The molecule has 0 aromatic heterocycles. The Morgan fingerprint density at radius 3 is 2.62 bits per heavy atom. The van der Waals surface area contributed by atoms with Gasteiger partial charge in [0.15, 0.2) is 0 Å². The van der Waals surface area contributed by atoms with Crippen molar-refractivity contribution in [3.8, 4) is 0 Å². The number of benzene rings is 1. The van der Waals surface area contributed by atoms with E-state index in [-0.39, 0.29) is 0 Å². The molecule has 0 amide bonds. The highest BCUT2D eigenvalue weighted by Crippen LogP contribution is 2.39. The zero-order valence-corrected chi connectivity index (χ0v) is 10.9. The smallest absolute Gasteiger partial charge is 0.0354 e. The lowest BCUT2D eigenvalue weighted by Gasteiger charge is -2.20. The third-order valence-electron chi connectivity index (χ3n) is 3.83. The normalized spacial score (nSPS) is 23.5. The maximum atomic E-state index is 3.71. The van der Waals surface area contributed by atoms with Crippen molar-refractivity contribution in [1.82, 2.24) is 5.32 Å². The van der Waals surface area contributed by atoms with Crippen molar-refractivity contribution in [3.05, 3.63) is 34.4 Å². The van der Waals surface area contributed by atoms with Crippen LogP contribution < -0.4 is 5.32 Å². The van der Waals surface area contributed by atoms with E-state index in [2.05, 4.69) is 45.1 Å².